The Morgan fingerprint density at radius 2 is 1.62 bits per heavy atom. The van der Waals surface area contributed by atoms with Crippen molar-refractivity contribution in [1.82, 2.24) is 15.4 Å². The molecule has 1 heterocycles. The molecule has 2 aromatic carbocycles. The van der Waals surface area contributed by atoms with E-state index in [2.05, 4.69) is 15.4 Å². The van der Waals surface area contributed by atoms with Crippen LogP contribution >= 0.6 is 0 Å². The minimum Gasteiger partial charge on any atom is -0.543 e. The predicted molar refractivity (Wildman–Crippen MR) is 93.2 cm³/mol. The van der Waals surface area contributed by atoms with Gasteiger partial charge in [-0.25, -0.2) is 8.78 Å². The summed E-state index contributed by atoms with van der Waals surface area (Å²) in [6.07, 6.45) is -0.178. The topological polar surface area (TPSA) is 122 Å². The number of ether oxygens (including phenoxy) is 1. The van der Waals surface area contributed by atoms with Crippen molar-refractivity contribution in [2.45, 2.75) is 24.7 Å². The molecule has 0 aliphatic heterocycles. The monoisotopic (exact) mass is 411 g/mol. The molecule has 1 fully saturated rings. The van der Waals surface area contributed by atoms with Crippen LogP contribution in [0.1, 0.15) is 34.8 Å². The molecule has 0 bridgehead atoms. The molecule has 0 atom stereocenters. The number of H-pyrrole nitrogens is 1. The van der Waals surface area contributed by atoms with Crippen LogP contribution in [0.25, 0.3) is 11.1 Å². The maximum atomic E-state index is 13.0. The molecule has 0 amide bonds. The summed E-state index contributed by atoms with van der Waals surface area (Å²) in [5, 5.41) is 20.0. The molecule has 1 aromatic heterocycles. The van der Waals surface area contributed by atoms with E-state index in [0.717, 1.165) is 16.7 Å². The van der Waals surface area contributed by atoms with Gasteiger partial charge in [-0.1, -0.05) is 46.7 Å². The van der Waals surface area contributed by atoms with Crippen molar-refractivity contribution < 1.29 is 58.5 Å². The SMILES string of the molecule is O.O=C([O-])c1[nH]nnc1Oc1ccc(-c2ccc(C3CC(F)(F)C3)cc2)cc1.[Na+]. The molecule has 0 radical (unpaired) electrons. The quantitative estimate of drug-likeness (QED) is 0.558. The minimum atomic E-state index is -2.53. The number of aromatic amines is 1. The second-order valence-electron chi connectivity index (χ2n) is 6.49. The van der Waals surface area contributed by atoms with E-state index in [1.54, 1.807) is 24.3 Å². The van der Waals surface area contributed by atoms with Gasteiger partial charge in [-0.05, 0) is 34.7 Å². The fourth-order valence-corrected chi connectivity index (χ4v) is 3.09. The van der Waals surface area contributed by atoms with Crippen molar-refractivity contribution in [2.75, 3.05) is 0 Å². The van der Waals surface area contributed by atoms with E-state index in [4.69, 9.17) is 4.74 Å². The molecule has 0 spiro atoms. The molecule has 1 saturated carbocycles. The number of carbonyl (C=O) groups excluding carboxylic acids is 1. The maximum Gasteiger partial charge on any atom is 1.00 e. The fourth-order valence-electron chi connectivity index (χ4n) is 3.09. The van der Waals surface area contributed by atoms with Crippen molar-refractivity contribution in [3.63, 3.8) is 0 Å². The van der Waals surface area contributed by atoms with Crippen molar-refractivity contribution in [3.8, 4) is 22.8 Å². The first-order valence-electron chi connectivity index (χ1n) is 8.30. The first-order chi connectivity index (χ1) is 12.9. The molecule has 1 aliphatic rings. The molecule has 0 unspecified atom stereocenters. The zero-order chi connectivity index (χ0) is 19.0. The summed E-state index contributed by atoms with van der Waals surface area (Å²) in [4.78, 5) is 10.9. The summed E-state index contributed by atoms with van der Waals surface area (Å²) >= 11 is 0. The van der Waals surface area contributed by atoms with Gasteiger partial charge >= 0.3 is 29.6 Å². The molecule has 7 nitrogen and oxygen atoms in total. The van der Waals surface area contributed by atoms with Crippen molar-refractivity contribution in [2.24, 2.45) is 0 Å². The van der Waals surface area contributed by atoms with E-state index in [1.165, 1.54) is 0 Å². The van der Waals surface area contributed by atoms with Crippen LogP contribution in [0.4, 0.5) is 8.78 Å². The molecular formula is C19H16F2N3NaO4. The largest absolute Gasteiger partial charge is 1.00 e. The van der Waals surface area contributed by atoms with Crippen LogP contribution in [-0.2, 0) is 0 Å². The third kappa shape index (κ3) is 4.99. The van der Waals surface area contributed by atoms with Crippen LogP contribution in [0.3, 0.4) is 0 Å². The Morgan fingerprint density at radius 1 is 1.07 bits per heavy atom. The summed E-state index contributed by atoms with van der Waals surface area (Å²) < 4.78 is 31.4. The normalized spacial score (nSPS) is 14.8. The number of carboxylic acid groups (broad SMARTS) is 1. The van der Waals surface area contributed by atoms with Gasteiger partial charge in [-0.2, -0.15) is 0 Å². The van der Waals surface area contributed by atoms with Gasteiger partial charge in [0.1, 0.15) is 11.4 Å². The Kier molecular flexibility index (Phi) is 7.12. The zero-order valence-corrected chi connectivity index (χ0v) is 17.5. The Labute approximate surface area is 186 Å². The number of rotatable bonds is 5. The van der Waals surface area contributed by atoms with Crippen molar-refractivity contribution >= 4 is 5.97 Å². The molecule has 0 saturated heterocycles. The van der Waals surface area contributed by atoms with E-state index in [-0.39, 0.29) is 65.4 Å². The summed E-state index contributed by atoms with van der Waals surface area (Å²) in [7, 11) is 0. The van der Waals surface area contributed by atoms with Gasteiger partial charge < -0.3 is 20.1 Å². The molecular weight excluding hydrogens is 395 g/mol. The number of aromatic carboxylic acids is 1. The van der Waals surface area contributed by atoms with Crippen molar-refractivity contribution in [3.05, 3.63) is 59.8 Å². The van der Waals surface area contributed by atoms with Crippen LogP contribution in [-0.4, -0.2) is 32.8 Å². The second kappa shape index (κ2) is 9.00. The number of hydrogen-bond acceptors (Lipinski definition) is 5. The number of hydrogen-bond donors (Lipinski definition) is 1. The van der Waals surface area contributed by atoms with Crippen LogP contribution in [0.15, 0.2) is 48.5 Å². The summed E-state index contributed by atoms with van der Waals surface area (Å²) in [6, 6.07) is 14.5. The maximum absolute atomic E-state index is 13.0. The van der Waals surface area contributed by atoms with Gasteiger partial charge in [-0.15, -0.1) is 0 Å². The van der Waals surface area contributed by atoms with Crippen LogP contribution in [0, 0.1) is 0 Å². The average molecular weight is 411 g/mol. The smallest absolute Gasteiger partial charge is 0.543 e. The van der Waals surface area contributed by atoms with Crippen LogP contribution in [0.5, 0.6) is 11.6 Å². The van der Waals surface area contributed by atoms with Crippen LogP contribution in [0.2, 0.25) is 0 Å². The zero-order valence-electron chi connectivity index (χ0n) is 15.5. The molecule has 10 heteroatoms. The number of carbonyl (C=O) groups is 1. The third-order valence-electron chi connectivity index (χ3n) is 4.59. The standard InChI is InChI=1S/C19H15F2N3O3.Na.H2O/c20-19(21)9-14(10-19)13-3-1-11(2-4-13)12-5-7-15(8-6-12)27-17-16(18(25)26)22-24-23-17;;/h1-8,14H,9-10H2,(H,25,26)(H,22,23,24);;1H2/q;+1;/p-1. The molecule has 3 aromatic rings. The van der Waals surface area contributed by atoms with E-state index < -0.39 is 11.9 Å². The van der Waals surface area contributed by atoms with E-state index in [9.17, 15) is 18.7 Å². The van der Waals surface area contributed by atoms with Crippen molar-refractivity contribution in [1.29, 1.82) is 0 Å². The van der Waals surface area contributed by atoms with E-state index in [0.29, 0.717) is 5.75 Å². The fraction of sp³-hybridized carbons (Fsp3) is 0.211. The number of nitrogens with one attached hydrogen (secondary N) is 1. The molecule has 4 rings (SSSR count). The Bertz CT molecular complexity index is 970. The van der Waals surface area contributed by atoms with Gasteiger partial charge in [0.25, 0.3) is 5.88 Å². The van der Waals surface area contributed by atoms with Gasteiger partial charge in [0, 0.05) is 12.8 Å². The van der Waals surface area contributed by atoms with Gasteiger partial charge in [0.15, 0.2) is 0 Å². The molecule has 146 valence electrons. The number of benzene rings is 2. The van der Waals surface area contributed by atoms with Gasteiger partial charge in [-0.3, -0.25) is 5.10 Å². The first kappa shape index (κ1) is 23.0. The Balaban J connectivity index is 0.00000150. The van der Waals surface area contributed by atoms with E-state index in [1.807, 2.05) is 24.3 Å². The van der Waals surface area contributed by atoms with E-state index >= 15 is 0 Å². The molecule has 3 N–H and O–H groups in total. The Hall–Kier alpha value is -2.33. The number of carboxylic acids is 1. The average Bonchev–Trinajstić information content (AvgIpc) is 3.09. The molecule has 1 aliphatic carbocycles. The third-order valence-corrected chi connectivity index (χ3v) is 4.59. The summed E-state index contributed by atoms with van der Waals surface area (Å²) in [6.45, 7) is 0. The van der Waals surface area contributed by atoms with Gasteiger partial charge in [0.05, 0.1) is 5.97 Å². The number of alkyl halides is 2. The Morgan fingerprint density at radius 3 is 2.14 bits per heavy atom. The predicted octanol–water partition coefficient (Wildman–Crippen LogP) is -0.681. The number of aromatic nitrogens is 3. The number of halogens is 2. The summed E-state index contributed by atoms with van der Waals surface area (Å²) in [5.41, 5.74) is 2.43. The molecule has 29 heavy (non-hydrogen) atoms. The second-order valence-corrected chi connectivity index (χ2v) is 6.49. The summed E-state index contributed by atoms with van der Waals surface area (Å²) in [5.74, 6) is -3.85. The minimum absolute atomic E-state index is 0. The van der Waals surface area contributed by atoms with Gasteiger partial charge in [0.2, 0.25) is 5.92 Å². The van der Waals surface area contributed by atoms with Crippen LogP contribution < -0.4 is 39.4 Å². The first-order valence-corrected chi connectivity index (χ1v) is 8.30. The number of nitrogens with zero attached hydrogens (tertiary/aromatic N) is 2.